The van der Waals surface area contributed by atoms with Crippen molar-refractivity contribution < 1.29 is 9.47 Å². The Balaban J connectivity index is 2.61. The van der Waals surface area contributed by atoms with Gasteiger partial charge in [-0.25, -0.2) is 4.98 Å². The van der Waals surface area contributed by atoms with Gasteiger partial charge in [0, 0.05) is 30.9 Å². The summed E-state index contributed by atoms with van der Waals surface area (Å²) in [7, 11) is 3.23. The van der Waals surface area contributed by atoms with E-state index in [0.29, 0.717) is 18.4 Å². The van der Waals surface area contributed by atoms with Gasteiger partial charge in [0.05, 0.1) is 19.8 Å². The van der Waals surface area contributed by atoms with E-state index in [2.05, 4.69) is 10.3 Å². The fraction of sp³-hybridized carbons (Fsp3) is 0.500. The summed E-state index contributed by atoms with van der Waals surface area (Å²) >= 11 is 5.78. The Morgan fingerprint density at radius 2 is 2.33 bits per heavy atom. The molecule has 84 valence electrons. The van der Waals surface area contributed by atoms with E-state index in [1.54, 1.807) is 20.4 Å². The van der Waals surface area contributed by atoms with Crippen molar-refractivity contribution in [2.24, 2.45) is 0 Å². The Morgan fingerprint density at radius 3 is 2.93 bits per heavy atom. The van der Waals surface area contributed by atoms with Gasteiger partial charge in [-0.3, -0.25) is 0 Å². The van der Waals surface area contributed by atoms with Crippen LogP contribution in [-0.4, -0.2) is 37.7 Å². The first-order chi connectivity index (χ1) is 7.30. The Hall–Kier alpha value is -1.00. The second kappa shape index (κ2) is 6.48. The summed E-state index contributed by atoms with van der Waals surface area (Å²) in [6, 6.07) is 3.76. The second-order valence-electron chi connectivity index (χ2n) is 3.04. The molecule has 1 aromatic rings. The van der Waals surface area contributed by atoms with Crippen molar-refractivity contribution in [3.63, 3.8) is 0 Å². The van der Waals surface area contributed by atoms with Crippen LogP contribution in [0.15, 0.2) is 18.3 Å². The number of pyridine rings is 1. The van der Waals surface area contributed by atoms with Crippen molar-refractivity contribution in [3.05, 3.63) is 18.3 Å². The van der Waals surface area contributed by atoms with E-state index in [-0.39, 0.29) is 6.04 Å². The molecular weight excluding hydrogens is 216 g/mol. The average Bonchev–Trinajstić information content (AvgIpc) is 2.29. The van der Waals surface area contributed by atoms with Crippen LogP contribution in [0.1, 0.15) is 0 Å². The first kappa shape index (κ1) is 12.1. The van der Waals surface area contributed by atoms with Crippen LogP contribution in [-0.2, 0) is 4.74 Å². The van der Waals surface area contributed by atoms with Gasteiger partial charge in [-0.1, -0.05) is 0 Å². The van der Waals surface area contributed by atoms with Crippen molar-refractivity contribution in [2.45, 2.75) is 6.04 Å². The lowest BCUT2D eigenvalue weighted by Crippen LogP contribution is -2.26. The number of aromatic nitrogens is 1. The van der Waals surface area contributed by atoms with Gasteiger partial charge in [0.15, 0.2) is 0 Å². The number of nitrogens with one attached hydrogen (secondary N) is 1. The molecule has 0 fully saturated rings. The Kier molecular flexibility index (Phi) is 5.21. The summed E-state index contributed by atoms with van der Waals surface area (Å²) in [5.41, 5.74) is 0.921. The monoisotopic (exact) mass is 230 g/mol. The predicted octanol–water partition coefficient (Wildman–Crippen LogP) is 1.76. The number of rotatable bonds is 6. The summed E-state index contributed by atoms with van der Waals surface area (Å²) in [4.78, 5) is 4.01. The number of ether oxygens (including phenoxy) is 2. The standard InChI is InChI=1S/C10H15ClN2O2/c1-14-7-9(6-11)13-8-3-4-12-10(5-8)15-2/h3-5,9H,6-7H2,1-2H3,(H,12,13). The van der Waals surface area contributed by atoms with Crippen LogP contribution in [0.2, 0.25) is 0 Å². The van der Waals surface area contributed by atoms with Crippen molar-refractivity contribution in [1.82, 2.24) is 4.98 Å². The zero-order valence-corrected chi connectivity index (χ0v) is 9.62. The van der Waals surface area contributed by atoms with Crippen LogP contribution in [0.25, 0.3) is 0 Å². The molecule has 0 amide bonds. The fourth-order valence-electron chi connectivity index (χ4n) is 1.17. The maximum Gasteiger partial charge on any atom is 0.214 e. The van der Waals surface area contributed by atoms with Crippen molar-refractivity contribution >= 4 is 17.3 Å². The molecule has 1 unspecified atom stereocenters. The van der Waals surface area contributed by atoms with Gasteiger partial charge in [-0.05, 0) is 6.07 Å². The van der Waals surface area contributed by atoms with Crippen molar-refractivity contribution in [1.29, 1.82) is 0 Å². The lowest BCUT2D eigenvalue weighted by Gasteiger charge is -2.16. The molecule has 0 bridgehead atoms. The highest BCUT2D eigenvalue weighted by Gasteiger charge is 2.06. The summed E-state index contributed by atoms with van der Waals surface area (Å²) < 4.78 is 10.0. The number of hydrogen-bond acceptors (Lipinski definition) is 4. The van der Waals surface area contributed by atoms with Crippen LogP contribution in [0, 0.1) is 0 Å². The number of anilines is 1. The van der Waals surface area contributed by atoms with Gasteiger partial charge in [0.25, 0.3) is 0 Å². The van der Waals surface area contributed by atoms with E-state index in [4.69, 9.17) is 21.1 Å². The normalized spacial score (nSPS) is 12.2. The Labute approximate surface area is 94.6 Å². The van der Waals surface area contributed by atoms with Gasteiger partial charge < -0.3 is 14.8 Å². The summed E-state index contributed by atoms with van der Waals surface area (Å²) in [6.45, 7) is 0.564. The Bertz CT molecular complexity index is 297. The highest BCUT2D eigenvalue weighted by Crippen LogP contribution is 2.14. The molecule has 0 spiro atoms. The minimum atomic E-state index is 0.0868. The van der Waals surface area contributed by atoms with E-state index in [1.165, 1.54) is 0 Å². The molecule has 0 aliphatic carbocycles. The summed E-state index contributed by atoms with van der Waals surface area (Å²) in [6.07, 6.45) is 1.68. The second-order valence-corrected chi connectivity index (χ2v) is 3.35. The van der Waals surface area contributed by atoms with Crippen LogP contribution >= 0.6 is 11.6 Å². The number of methoxy groups -OCH3 is 2. The molecule has 1 aromatic heterocycles. The predicted molar refractivity (Wildman–Crippen MR) is 60.8 cm³/mol. The minimum Gasteiger partial charge on any atom is -0.481 e. The molecule has 15 heavy (non-hydrogen) atoms. The summed E-state index contributed by atoms with van der Waals surface area (Å²) in [5, 5.41) is 3.23. The van der Waals surface area contributed by atoms with Gasteiger partial charge in [0.1, 0.15) is 0 Å². The average molecular weight is 231 g/mol. The van der Waals surface area contributed by atoms with E-state index in [0.717, 1.165) is 5.69 Å². The molecule has 1 rings (SSSR count). The van der Waals surface area contributed by atoms with Crippen LogP contribution in [0.4, 0.5) is 5.69 Å². The minimum absolute atomic E-state index is 0.0868. The third-order valence-electron chi connectivity index (χ3n) is 1.87. The third kappa shape index (κ3) is 3.93. The van der Waals surface area contributed by atoms with Gasteiger partial charge in [-0.2, -0.15) is 0 Å². The molecule has 0 aliphatic rings. The van der Waals surface area contributed by atoms with E-state index in [1.807, 2.05) is 12.1 Å². The third-order valence-corrected chi connectivity index (χ3v) is 2.24. The van der Waals surface area contributed by atoms with Crippen molar-refractivity contribution in [2.75, 3.05) is 32.0 Å². The number of hydrogen-bond donors (Lipinski definition) is 1. The molecule has 5 heteroatoms. The molecule has 0 saturated heterocycles. The highest BCUT2D eigenvalue weighted by atomic mass is 35.5. The van der Waals surface area contributed by atoms with Crippen molar-refractivity contribution in [3.8, 4) is 5.88 Å². The molecule has 0 radical (unpaired) electrons. The molecule has 1 heterocycles. The number of halogens is 1. The maximum absolute atomic E-state index is 5.78. The first-order valence-corrected chi connectivity index (χ1v) is 5.15. The summed E-state index contributed by atoms with van der Waals surface area (Å²) in [5.74, 6) is 1.06. The molecule has 1 atom stereocenters. The zero-order valence-electron chi connectivity index (χ0n) is 8.87. The van der Waals surface area contributed by atoms with Gasteiger partial charge in [-0.15, -0.1) is 11.6 Å². The molecular formula is C10H15ClN2O2. The molecule has 1 N–H and O–H groups in total. The fourth-order valence-corrected chi connectivity index (χ4v) is 1.34. The van der Waals surface area contributed by atoms with Gasteiger partial charge in [0.2, 0.25) is 5.88 Å². The van der Waals surface area contributed by atoms with Gasteiger partial charge >= 0.3 is 0 Å². The largest absolute Gasteiger partial charge is 0.481 e. The number of alkyl halides is 1. The first-order valence-electron chi connectivity index (χ1n) is 4.61. The molecule has 0 aliphatic heterocycles. The Morgan fingerprint density at radius 1 is 1.53 bits per heavy atom. The smallest absolute Gasteiger partial charge is 0.214 e. The lowest BCUT2D eigenvalue weighted by atomic mass is 10.3. The molecule has 4 nitrogen and oxygen atoms in total. The topological polar surface area (TPSA) is 43.4 Å². The van der Waals surface area contributed by atoms with Crippen LogP contribution < -0.4 is 10.1 Å². The molecule has 0 aromatic carbocycles. The van der Waals surface area contributed by atoms with E-state index < -0.39 is 0 Å². The maximum atomic E-state index is 5.78. The van der Waals surface area contributed by atoms with Crippen LogP contribution in [0.5, 0.6) is 5.88 Å². The highest BCUT2D eigenvalue weighted by molar-refractivity contribution is 6.18. The lowest BCUT2D eigenvalue weighted by molar-refractivity contribution is 0.191. The molecule has 0 saturated carbocycles. The quantitative estimate of drug-likeness (QED) is 0.757. The number of nitrogens with zero attached hydrogens (tertiary/aromatic N) is 1. The van der Waals surface area contributed by atoms with E-state index >= 15 is 0 Å². The van der Waals surface area contributed by atoms with E-state index in [9.17, 15) is 0 Å². The zero-order chi connectivity index (χ0) is 11.1. The van der Waals surface area contributed by atoms with Crippen LogP contribution in [0.3, 0.4) is 0 Å². The SMILES string of the molecule is COCC(CCl)Nc1ccnc(OC)c1.